The summed E-state index contributed by atoms with van der Waals surface area (Å²) in [5, 5.41) is 2.79. The van der Waals surface area contributed by atoms with Crippen LogP contribution in [0.5, 0.6) is 0 Å². The predicted octanol–water partition coefficient (Wildman–Crippen LogP) is 1.86. The van der Waals surface area contributed by atoms with Crippen molar-refractivity contribution in [3.63, 3.8) is 0 Å². The second-order valence-corrected chi connectivity index (χ2v) is 3.58. The van der Waals surface area contributed by atoms with Crippen molar-refractivity contribution in [2.45, 2.75) is 0 Å². The number of hydrogen-bond donors (Lipinski definition) is 2. The van der Waals surface area contributed by atoms with Gasteiger partial charge in [0.25, 0.3) is 5.91 Å². The topological polar surface area (TPSA) is 60.0 Å². The van der Waals surface area contributed by atoms with Gasteiger partial charge in [-0.15, -0.1) is 0 Å². The van der Waals surface area contributed by atoms with Gasteiger partial charge in [0.1, 0.15) is 5.69 Å². The Bertz CT molecular complexity index is 516. The molecule has 0 unspecified atom stereocenters. The minimum atomic E-state index is -0.141. The van der Waals surface area contributed by atoms with Gasteiger partial charge in [-0.1, -0.05) is 6.07 Å². The summed E-state index contributed by atoms with van der Waals surface area (Å²) in [7, 11) is 1.83. The first-order valence-corrected chi connectivity index (χ1v) is 4.95. The molecule has 3 N–H and O–H groups in total. The van der Waals surface area contributed by atoms with Crippen LogP contribution in [-0.4, -0.2) is 10.5 Å². The van der Waals surface area contributed by atoms with Gasteiger partial charge in [-0.05, 0) is 30.3 Å². The molecule has 0 radical (unpaired) electrons. The minimum Gasteiger partial charge on any atom is -0.399 e. The number of nitrogens with one attached hydrogen (secondary N) is 1. The Balaban J connectivity index is 2.17. The van der Waals surface area contributed by atoms with Crippen LogP contribution >= 0.6 is 0 Å². The first kappa shape index (κ1) is 10.3. The number of nitrogens with two attached hydrogens (primary N) is 1. The Morgan fingerprint density at radius 2 is 2.12 bits per heavy atom. The monoisotopic (exact) mass is 215 g/mol. The van der Waals surface area contributed by atoms with E-state index in [1.54, 1.807) is 34.9 Å². The number of benzene rings is 1. The van der Waals surface area contributed by atoms with Crippen LogP contribution < -0.4 is 11.1 Å². The molecule has 82 valence electrons. The van der Waals surface area contributed by atoms with Crippen molar-refractivity contribution >= 4 is 17.3 Å². The minimum absolute atomic E-state index is 0.141. The molecule has 2 rings (SSSR count). The Hall–Kier alpha value is -2.23. The van der Waals surface area contributed by atoms with E-state index in [0.717, 1.165) is 0 Å². The van der Waals surface area contributed by atoms with Gasteiger partial charge in [-0.2, -0.15) is 0 Å². The summed E-state index contributed by atoms with van der Waals surface area (Å²) in [5.41, 5.74) is 7.57. The average molecular weight is 215 g/mol. The van der Waals surface area contributed by atoms with E-state index in [-0.39, 0.29) is 5.91 Å². The number of carbonyl (C=O) groups excluding carboxylic acids is 1. The number of amides is 1. The molecule has 0 aliphatic carbocycles. The first-order chi connectivity index (χ1) is 7.66. The van der Waals surface area contributed by atoms with E-state index in [1.807, 2.05) is 19.3 Å². The summed E-state index contributed by atoms with van der Waals surface area (Å²) >= 11 is 0. The third kappa shape index (κ3) is 2.06. The molecule has 0 bridgehead atoms. The molecule has 0 saturated carbocycles. The highest BCUT2D eigenvalue weighted by atomic mass is 16.1. The number of aryl methyl sites for hydroxylation is 1. The van der Waals surface area contributed by atoms with Crippen molar-refractivity contribution in [3.8, 4) is 0 Å². The number of nitrogen functional groups attached to an aromatic ring is 1. The maximum atomic E-state index is 11.8. The number of nitrogens with zero attached hydrogens (tertiary/aromatic N) is 1. The third-order valence-electron chi connectivity index (χ3n) is 2.32. The zero-order valence-corrected chi connectivity index (χ0v) is 8.97. The molecular formula is C12H13N3O. The van der Waals surface area contributed by atoms with E-state index in [2.05, 4.69) is 5.32 Å². The highest BCUT2D eigenvalue weighted by Crippen LogP contribution is 2.13. The van der Waals surface area contributed by atoms with Gasteiger partial charge >= 0.3 is 0 Å². The molecule has 0 fully saturated rings. The maximum Gasteiger partial charge on any atom is 0.272 e. The van der Waals surface area contributed by atoms with Gasteiger partial charge in [0.15, 0.2) is 0 Å². The molecule has 0 spiro atoms. The van der Waals surface area contributed by atoms with Crippen molar-refractivity contribution in [3.05, 3.63) is 48.3 Å². The van der Waals surface area contributed by atoms with E-state index < -0.39 is 0 Å². The van der Waals surface area contributed by atoms with Crippen LogP contribution in [0.25, 0.3) is 0 Å². The van der Waals surface area contributed by atoms with Gasteiger partial charge in [0.05, 0.1) is 0 Å². The van der Waals surface area contributed by atoms with Crippen LogP contribution in [0.2, 0.25) is 0 Å². The number of hydrogen-bond acceptors (Lipinski definition) is 2. The van der Waals surface area contributed by atoms with Crippen LogP contribution in [-0.2, 0) is 7.05 Å². The second-order valence-electron chi connectivity index (χ2n) is 3.58. The van der Waals surface area contributed by atoms with E-state index in [4.69, 9.17) is 5.73 Å². The average Bonchev–Trinajstić information content (AvgIpc) is 2.64. The van der Waals surface area contributed by atoms with Gasteiger partial charge in [-0.3, -0.25) is 4.79 Å². The van der Waals surface area contributed by atoms with Crippen LogP contribution in [0.15, 0.2) is 42.6 Å². The lowest BCUT2D eigenvalue weighted by atomic mass is 10.2. The Morgan fingerprint density at radius 1 is 1.31 bits per heavy atom. The zero-order chi connectivity index (χ0) is 11.5. The van der Waals surface area contributed by atoms with E-state index in [0.29, 0.717) is 17.1 Å². The number of aromatic nitrogens is 1. The van der Waals surface area contributed by atoms with E-state index in [9.17, 15) is 4.79 Å². The zero-order valence-electron chi connectivity index (χ0n) is 8.97. The highest BCUT2D eigenvalue weighted by molar-refractivity contribution is 6.03. The van der Waals surface area contributed by atoms with Crippen LogP contribution in [0.3, 0.4) is 0 Å². The summed E-state index contributed by atoms with van der Waals surface area (Å²) in [5.74, 6) is -0.141. The smallest absolute Gasteiger partial charge is 0.272 e. The van der Waals surface area contributed by atoms with Gasteiger partial charge in [0.2, 0.25) is 0 Å². The lowest BCUT2D eigenvalue weighted by Gasteiger charge is -2.06. The fourth-order valence-corrected chi connectivity index (χ4v) is 1.51. The third-order valence-corrected chi connectivity index (χ3v) is 2.32. The van der Waals surface area contributed by atoms with Crippen LogP contribution in [0.1, 0.15) is 10.5 Å². The molecule has 2 aromatic rings. The van der Waals surface area contributed by atoms with E-state index in [1.165, 1.54) is 0 Å². The predicted molar refractivity (Wildman–Crippen MR) is 64.2 cm³/mol. The second kappa shape index (κ2) is 4.10. The molecule has 1 aromatic heterocycles. The van der Waals surface area contributed by atoms with Crippen molar-refractivity contribution in [1.82, 2.24) is 4.57 Å². The normalized spacial score (nSPS) is 10.1. The standard InChI is InChI=1S/C12H13N3O/c1-15-7-3-6-11(15)12(16)14-10-5-2-4-9(13)8-10/h2-8H,13H2,1H3,(H,14,16). The van der Waals surface area contributed by atoms with Crippen LogP contribution in [0.4, 0.5) is 11.4 Å². The number of rotatable bonds is 2. The highest BCUT2D eigenvalue weighted by Gasteiger charge is 2.08. The summed E-state index contributed by atoms with van der Waals surface area (Å²) in [4.78, 5) is 11.8. The molecule has 0 saturated heterocycles. The maximum absolute atomic E-state index is 11.8. The molecule has 4 heteroatoms. The fourth-order valence-electron chi connectivity index (χ4n) is 1.51. The van der Waals surface area contributed by atoms with E-state index >= 15 is 0 Å². The quantitative estimate of drug-likeness (QED) is 0.751. The van der Waals surface area contributed by atoms with Crippen LogP contribution in [0, 0.1) is 0 Å². The Labute approximate surface area is 93.7 Å². The molecule has 16 heavy (non-hydrogen) atoms. The molecule has 1 heterocycles. The number of carbonyl (C=O) groups is 1. The summed E-state index contributed by atoms with van der Waals surface area (Å²) in [6.07, 6.45) is 1.83. The summed E-state index contributed by atoms with van der Waals surface area (Å²) in [6, 6.07) is 10.7. The lowest BCUT2D eigenvalue weighted by molar-refractivity contribution is 0.101. The molecule has 0 aliphatic heterocycles. The summed E-state index contributed by atoms with van der Waals surface area (Å²) < 4.78 is 1.77. The SMILES string of the molecule is Cn1cccc1C(=O)Nc1cccc(N)c1. The van der Waals surface area contributed by atoms with Gasteiger partial charge in [0, 0.05) is 24.6 Å². The lowest BCUT2D eigenvalue weighted by Crippen LogP contribution is -2.15. The Kier molecular flexibility index (Phi) is 2.64. The van der Waals surface area contributed by atoms with Crippen molar-refractivity contribution in [2.75, 3.05) is 11.1 Å². The number of anilines is 2. The molecule has 1 aromatic carbocycles. The summed E-state index contributed by atoms with van der Waals surface area (Å²) in [6.45, 7) is 0. The van der Waals surface area contributed by atoms with Gasteiger partial charge in [-0.25, -0.2) is 0 Å². The molecule has 4 nitrogen and oxygen atoms in total. The van der Waals surface area contributed by atoms with Crippen molar-refractivity contribution in [1.29, 1.82) is 0 Å². The largest absolute Gasteiger partial charge is 0.399 e. The molecular weight excluding hydrogens is 202 g/mol. The van der Waals surface area contributed by atoms with Crippen molar-refractivity contribution < 1.29 is 4.79 Å². The molecule has 1 amide bonds. The van der Waals surface area contributed by atoms with Gasteiger partial charge < -0.3 is 15.6 Å². The molecule has 0 aliphatic rings. The first-order valence-electron chi connectivity index (χ1n) is 4.95. The fraction of sp³-hybridized carbons (Fsp3) is 0.0833. The Morgan fingerprint density at radius 3 is 2.75 bits per heavy atom. The molecule has 0 atom stereocenters. The van der Waals surface area contributed by atoms with Crippen molar-refractivity contribution in [2.24, 2.45) is 7.05 Å².